The van der Waals surface area contributed by atoms with Crippen LogP contribution in [0.1, 0.15) is 58.6 Å². The first kappa shape index (κ1) is 43.5. The fraction of sp³-hybridized carbons (Fsp3) is 0.472. The zero-order valence-electron chi connectivity index (χ0n) is 30.3. The summed E-state index contributed by atoms with van der Waals surface area (Å²) < 4.78 is 0. The van der Waals surface area contributed by atoms with E-state index < -0.39 is 90.1 Å². The van der Waals surface area contributed by atoms with E-state index in [4.69, 9.17) is 5.73 Å². The van der Waals surface area contributed by atoms with Crippen molar-refractivity contribution in [2.75, 3.05) is 0 Å². The summed E-state index contributed by atoms with van der Waals surface area (Å²) in [6.45, 7) is 8.34. The molecule has 0 aromatic heterocycles. The summed E-state index contributed by atoms with van der Waals surface area (Å²) in [5.74, 6) is -7.62. The van der Waals surface area contributed by atoms with Gasteiger partial charge in [-0.3, -0.25) is 28.8 Å². The van der Waals surface area contributed by atoms with E-state index in [2.05, 4.69) is 26.6 Å². The van der Waals surface area contributed by atoms with E-state index >= 15 is 0 Å². The summed E-state index contributed by atoms with van der Waals surface area (Å²) >= 11 is 0. The van der Waals surface area contributed by atoms with Crippen molar-refractivity contribution in [2.24, 2.45) is 17.6 Å². The van der Waals surface area contributed by atoms with Crippen molar-refractivity contribution in [2.45, 2.75) is 96.6 Å². The Labute approximate surface area is 307 Å². The zero-order chi connectivity index (χ0) is 40.0. The Bertz CT molecular complexity index is 1600. The number of carbonyl (C=O) groups is 7. The van der Waals surface area contributed by atoms with Gasteiger partial charge in [-0.15, -0.1) is 0 Å². The van der Waals surface area contributed by atoms with Crippen molar-refractivity contribution in [1.29, 1.82) is 0 Å². The molecule has 0 fully saturated rings. The SMILES string of the molecule is CC(C)C[C@H](N)C(=O)N[C@H](C(=O)N[C@@H](Cc1ccc(O)cc1)C(=O)N[C@@H](CC(=O)O)C(=O)N[C@@H](C)C(=O)N[C@@H](Cc1ccc(O)cc1)C(=O)O)C(C)C. The lowest BCUT2D eigenvalue weighted by atomic mass is 9.99. The predicted molar refractivity (Wildman–Crippen MR) is 191 cm³/mol. The molecule has 290 valence electrons. The maximum absolute atomic E-state index is 13.7. The molecule has 17 nitrogen and oxygen atoms in total. The average Bonchev–Trinajstić information content (AvgIpc) is 3.06. The van der Waals surface area contributed by atoms with Crippen LogP contribution in [0.2, 0.25) is 0 Å². The molecule has 0 aliphatic heterocycles. The Morgan fingerprint density at radius 2 is 1.04 bits per heavy atom. The number of rotatable bonds is 20. The van der Waals surface area contributed by atoms with E-state index in [-0.39, 0.29) is 30.3 Å². The number of phenols is 2. The lowest BCUT2D eigenvalue weighted by Gasteiger charge is -2.28. The van der Waals surface area contributed by atoms with E-state index in [0.717, 1.165) is 0 Å². The van der Waals surface area contributed by atoms with Gasteiger partial charge in [-0.2, -0.15) is 0 Å². The Hall–Kier alpha value is -5.71. The highest BCUT2D eigenvalue weighted by molar-refractivity contribution is 5.97. The molecule has 2 aromatic rings. The number of aromatic hydroxyl groups is 2. The van der Waals surface area contributed by atoms with Crippen LogP contribution in [-0.2, 0) is 46.4 Å². The van der Waals surface area contributed by atoms with E-state index in [0.29, 0.717) is 17.5 Å². The Kier molecular flexibility index (Phi) is 16.7. The van der Waals surface area contributed by atoms with Gasteiger partial charge in [0, 0.05) is 12.8 Å². The number of carbonyl (C=O) groups excluding carboxylic acids is 5. The quantitative estimate of drug-likeness (QED) is 0.0853. The molecule has 0 saturated heterocycles. The molecule has 0 aliphatic rings. The summed E-state index contributed by atoms with van der Waals surface area (Å²) in [7, 11) is 0. The van der Waals surface area contributed by atoms with Crippen LogP contribution in [0.4, 0.5) is 0 Å². The smallest absolute Gasteiger partial charge is 0.326 e. The Morgan fingerprint density at radius 3 is 1.49 bits per heavy atom. The number of hydrogen-bond acceptors (Lipinski definition) is 10. The third-order valence-electron chi connectivity index (χ3n) is 8.07. The molecule has 0 radical (unpaired) electrons. The largest absolute Gasteiger partial charge is 0.508 e. The van der Waals surface area contributed by atoms with E-state index in [1.54, 1.807) is 13.8 Å². The lowest BCUT2D eigenvalue weighted by molar-refractivity contribution is -0.143. The van der Waals surface area contributed by atoms with Crippen molar-refractivity contribution in [1.82, 2.24) is 26.6 Å². The Morgan fingerprint density at radius 1 is 0.585 bits per heavy atom. The van der Waals surface area contributed by atoms with Crippen LogP contribution < -0.4 is 32.3 Å². The maximum Gasteiger partial charge on any atom is 0.326 e. The van der Waals surface area contributed by atoms with Crippen LogP contribution in [0.15, 0.2) is 48.5 Å². The average molecular weight is 743 g/mol. The van der Waals surface area contributed by atoms with Gasteiger partial charge in [0.2, 0.25) is 29.5 Å². The normalized spacial score (nSPS) is 14.5. The fourth-order valence-electron chi connectivity index (χ4n) is 5.15. The maximum atomic E-state index is 13.7. The van der Waals surface area contributed by atoms with Crippen molar-refractivity contribution >= 4 is 41.5 Å². The van der Waals surface area contributed by atoms with Gasteiger partial charge in [-0.05, 0) is 60.6 Å². The molecule has 0 bridgehead atoms. The van der Waals surface area contributed by atoms with Crippen molar-refractivity contribution in [3.8, 4) is 11.5 Å². The first-order chi connectivity index (χ1) is 24.8. The topological polar surface area (TPSA) is 287 Å². The molecule has 5 amide bonds. The third kappa shape index (κ3) is 14.8. The van der Waals surface area contributed by atoms with Gasteiger partial charge in [0.15, 0.2) is 0 Å². The molecule has 2 aromatic carbocycles. The van der Waals surface area contributed by atoms with Crippen LogP contribution in [0.25, 0.3) is 0 Å². The van der Waals surface area contributed by atoms with E-state index in [9.17, 15) is 54.0 Å². The molecular weight excluding hydrogens is 692 g/mol. The van der Waals surface area contributed by atoms with E-state index in [1.807, 2.05) is 13.8 Å². The van der Waals surface area contributed by atoms with Crippen LogP contribution in [0.3, 0.4) is 0 Å². The molecular formula is C36H50N6O11. The summed E-state index contributed by atoms with van der Waals surface area (Å²) in [6, 6.07) is 3.33. The number of aliphatic carboxylic acids is 2. The predicted octanol–water partition coefficient (Wildman–Crippen LogP) is -0.0844. The van der Waals surface area contributed by atoms with Crippen LogP contribution in [-0.4, -0.2) is 98.2 Å². The van der Waals surface area contributed by atoms with Crippen LogP contribution >= 0.6 is 0 Å². The molecule has 0 spiro atoms. The fourth-order valence-corrected chi connectivity index (χ4v) is 5.15. The number of amides is 5. The highest BCUT2D eigenvalue weighted by atomic mass is 16.4. The number of hydrogen-bond donors (Lipinski definition) is 10. The Balaban J connectivity index is 2.26. The van der Waals surface area contributed by atoms with Crippen molar-refractivity contribution < 1.29 is 54.0 Å². The van der Waals surface area contributed by atoms with Crippen molar-refractivity contribution in [3.63, 3.8) is 0 Å². The van der Waals surface area contributed by atoms with Gasteiger partial charge in [0.1, 0.15) is 41.7 Å². The van der Waals surface area contributed by atoms with Crippen LogP contribution in [0, 0.1) is 11.8 Å². The summed E-state index contributed by atoms with van der Waals surface area (Å²) in [6.07, 6.45) is -0.901. The number of nitrogens with one attached hydrogen (secondary N) is 5. The molecule has 0 unspecified atom stereocenters. The molecule has 0 saturated carbocycles. The van der Waals surface area contributed by atoms with Gasteiger partial charge >= 0.3 is 11.9 Å². The standard InChI is InChI=1S/C36H50N6O11/c1-18(2)14-25(37)32(48)42-30(19(3)4)35(51)40-26(15-21-6-10-23(43)11-7-21)34(50)39-27(17-29(45)46)33(49)38-20(5)31(47)41-28(36(52)53)16-22-8-12-24(44)13-9-22/h6-13,18-20,25-28,30,43-44H,14-17,37H2,1-5H3,(H,38,49)(H,39,50)(H,40,51)(H,41,47)(H,42,48)(H,45,46)(H,52,53)/t20-,25-,26-,27-,28-,30-/m0/s1. The molecule has 53 heavy (non-hydrogen) atoms. The first-order valence-electron chi connectivity index (χ1n) is 17.0. The molecule has 6 atom stereocenters. The second-order valence-electron chi connectivity index (χ2n) is 13.6. The summed E-state index contributed by atoms with van der Waals surface area (Å²) in [5, 5.41) is 50.5. The van der Waals surface area contributed by atoms with Gasteiger partial charge < -0.3 is 52.7 Å². The summed E-state index contributed by atoms with van der Waals surface area (Å²) in [4.78, 5) is 89.9. The number of carboxylic acids is 2. The van der Waals surface area contributed by atoms with Gasteiger partial charge in [0.05, 0.1) is 12.5 Å². The van der Waals surface area contributed by atoms with Gasteiger partial charge in [-0.25, -0.2) is 4.79 Å². The molecule has 11 N–H and O–H groups in total. The third-order valence-corrected chi connectivity index (χ3v) is 8.07. The highest BCUT2D eigenvalue weighted by Crippen LogP contribution is 2.14. The molecule has 0 aliphatic carbocycles. The van der Waals surface area contributed by atoms with Crippen LogP contribution in [0.5, 0.6) is 11.5 Å². The number of nitrogens with two attached hydrogens (primary N) is 1. The van der Waals surface area contributed by atoms with Crippen molar-refractivity contribution in [3.05, 3.63) is 59.7 Å². The minimum absolute atomic E-state index is 0.0379. The van der Waals surface area contributed by atoms with E-state index in [1.165, 1.54) is 55.5 Å². The second kappa shape index (κ2) is 20.4. The zero-order valence-corrected chi connectivity index (χ0v) is 30.3. The monoisotopic (exact) mass is 742 g/mol. The highest BCUT2D eigenvalue weighted by Gasteiger charge is 2.34. The lowest BCUT2D eigenvalue weighted by Crippen LogP contribution is -2.60. The molecule has 2 rings (SSSR count). The molecule has 0 heterocycles. The summed E-state index contributed by atoms with van der Waals surface area (Å²) in [5.41, 5.74) is 6.96. The molecule has 17 heteroatoms. The number of benzene rings is 2. The first-order valence-corrected chi connectivity index (χ1v) is 17.0. The number of carboxylic acid groups (broad SMARTS) is 2. The van der Waals surface area contributed by atoms with Gasteiger partial charge in [-0.1, -0.05) is 52.0 Å². The minimum atomic E-state index is -1.75. The minimum Gasteiger partial charge on any atom is -0.508 e. The second-order valence-corrected chi connectivity index (χ2v) is 13.6. The number of phenolic OH excluding ortho intramolecular Hbond substituents is 2. The van der Waals surface area contributed by atoms with Gasteiger partial charge in [0.25, 0.3) is 0 Å².